The Kier molecular flexibility index (Phi) is 2.61. The Bertz CT molecular complexity index is 507. The highest BCUT2D eigenvalue weighted by molar-refractivity contribution is 5.66. The van der Waals surface area contributed by atoms with Crippen molar-refractivity contribution < 1.29 is 9.15 Å². The van der Waals surface area contributed by atoms with E-state index in [0.29, 0.717) is 0 Å². The summed E-state index contributed by atoms with van der Waals surface area (Å²) in [7, 11) is 1.68. The normalized spacial score (nSPS) is 14.4. The summed E-state index contributed by atoms with van der Waals surface area (Å²) in [6.07, 6.45) is 0.963. The van der Waals surface area contributed by atoms with Crippen molar-refractivity contribution in [2.45, 2.75) is 13.0 Å². The molecule has 1 aliphatic rings. The summed E-state index contributed by atoms with van der Waals surface area (Å²) >= 11 is 0. The van der Waals surface area contributed by atoms with E-state index in [1.807, 2.05) is 24.3 Å². The zero-order valence-corrected chi connectivity index (χ0v) is 9.82. The van der Waals surface area contributed by atoms with Gasteiger partial charge in [-0.15, -0.1) is 0 Å². The van der Waals surface area contributed by atoms with Crippen molar-refractivity contribution in [3.63, 3.8) is 0 Å². The summed E-state index contributed by atoms with van der Waals surface area (Å²) < 4.78 is 11.3. The van der Waals surface area contributed by atoms with Crippen LogP contribution in [0.4, 0.5) is 0 Å². The molecule has 3 nitrogen and oxygen atoms in total. The quantitative estimate of drug-likeness (QED) is 0.859. The second-order valence-corrected chi connectivity index (χ2v) is 4.19. The molecular weight excluding hydrogens is 214 g/mol. The van der Waals surface area contributed by atoms with Gasteiger partial charge >= 0.3 is 0 Å². The van der Waals surface area contributed by atoms with Crippen LogP contribution in [0.25, 0.3) is 11.3 Å². The third kappa shape index (κ3) is 1.83. The van der Waals surface area contributed by atoms with Gasteiger partial charge in [0.1, 0.15) is 17.3 Å². The van der Waals surface area contributed by atoms with Crippen molar-refractivity contribution in [3.05, 3.63) is 41.7 Å². The number of benzene rings is 1. The number of fused-ring (bicyclic) bond motifs is 1. The number of ether oxygens (including phenoxy) is 1. The molecule has 1 aromatic carbocycles. The van der Waals surface area contributed by atoms with E-state index >= 15 is 0 Å². The van der Waals surface area contributed by atoms with Crippen LogP contribution in [0.3, 0.4) is 0 Å². The molecule has 2 aromatic rings. The van der Waals surface area contributed by atoms with Crippen molar-refractivity contribution in [1.29, 1.82) is 0 Å². The van der Waals surface area contributed by atoms with Crippen LogP contribution in [0.1, 0.15) is 11.3 Å². The third-order valence-corrected chi connectivity index (χ3v) is 3.11. The minimum absolute atomic E-state index is 0.853. The van der Waals surface area contributed by atoms with Gasteiger partial charge in [0.2, 0.25) is 0 Å². The van der Waals surface area contributed by atoms with E-state index in [1.54, 1.807) is 7.11 Å². The molecule has 17 heavy (non-hydrogen) atoms. The first-order chi connectivity index (χ1) is 8.38. The fraction of sp³-hybridized carbons (Fsp3) is 0.286. The Hall–Kier alpha value is -1.74. The van der Waals surface area contributed by atoms with E-state index in [-0.39, 0.29) is 0 Å². The van der Waals surface area contributed by atoms with Crippen LogP contribution in [-0.4, -0.2) is 13.7 Å². The maximum Gasteiger partial charge on any atom is 0.138 e. The lowest BCUT2D eigenvalue weighted by Gasteiger charge is -2.09. The average Bonchev–Trinajstić information content (AvgIpc) is 2.82. The number of furan rings is 1. The molecule has 0 atom stereocenters. The summed E-state index contributed by atoms with van der Waals surface area (Å²) in [5.41, 5.74) is 2.28. The highest BCUT2D eigenvalue weighted by Crippen LogP contribution is 2.33. The largest absolute Gasteiger partial charge is 0.496 e. The molecule has 3 rings (SSSR count). The number of nitrogens with one attached hydrogen (secondary N) is 1. The van der Waals surface area contributed by atoms with E-state index in [4.69, 9.17) is 9.15 Å². The molecule has 0 fully saturated rings. The minimum atomic E-state index is 0.853. The first-order valence-corrected chi connectivity index (χ1v) is 5.84. The van der Waals surface area contributed by atoms with Crippen LogP contribution in [0, 0.1) is 0 Å². The molecular formula is C14H15NO2. The fourth-order valence-electron chi connectivity index (χ4n) is 2.23. The van der Waals surface area contributed by atoms with Crippen LogP contribution in [-0.2, 0) is 13.0 Å². The van der Waals surface area contributed by atoms with Crippen molar-refractivity contribution >= 4 is 0 Å². The van der Waals surface area contributed by atoms with E-state index in [2.05, 4.69) is 11.4 Å². The lowest BCUT2D eigenvalue weighted by molar-refractivity contribution is 0.413. The van der Waals surface area contributed by atoms with E-state index in [9.17, 15) is 0 Å². The van der Waals surface area contributed by atoms with Gasteiger partial charge in [0.15, 0.2) is 0 Å². The van der Waals surface area contributed by atoms with Gasteiger partial charge in [-0.2, -0.15) is 0 Å². The van der Waals surface area contributed by atoms with E-state index < -0.39 is 0 Å². The molecule has 0 saturated heterocycles. The third-order valence-electron chi connectivity index (χ3n) is 3.11. The molecule has 2 heterocycles. The van der Waals surface area contributed by atoms with Gasteiger partial charge in [-0.25, -0.2) is 0 Å². The molecule has 0 unspecified atom stereocenters. The second-order valence-electron chi connectivity index (χ2n) is 4.19. The summed E-state index contributed by atoms with van der Waals surface area (Å²) in [5.74, 6) is 2.85. The predicted octanol–water partition coefficient (Wildman–Crippen LogP) is 2.60. The van der Waals surface area contributed by atoms with Gasteiger partial charge in [-0.05, 0) is 18.2 Å². The van der Waals surface area contributed by atoms with Gasteiger partial charge in [0.25, 0.3) is 0 Å². The van der Waals surface area contributed by atoms with Gasteiger partial charge in [0.05, 0.1) is 12.7 Å². The molecule has 0 saturated carbocycles. The SMILES string of the molecule is COc1ccccc1-c1cc2c(o1)CCNC2. The van der Waals surface area contributed by atoms with Gasteiger partial charge in [0, 0.05) is 25.1 Å². The maximum atomic E-state index is 5.91. The summed E-state index contributed by atoms with van der Waals surface area (Å²) in [6.45, 7) is 1.89. The monoisotopic (exact) mass is 229 g/mol. The fourth-order valence-corrected chi connectivity index (χ4v) is 2.23. The summed E-state index contributed by atoms with van der Waals surface area (Å²) in [5, 5.41) is 3.34. The number of hydrogen-bond acceptors (Lipinski definition) is 3. The molecule has 0 bridgehead atoms. The van der Waals surface area contributed by atoms with E-state index in [0.717, 1.165) is 42.3 Å². The maximum absolute atomic E-state index is 5.91. The lowest BCUT2D eigenvalue weighted by Crippen LogP contribution is -2.22. The summed E-state index contributed by atoms with van der Waals surface area (Å²) in [6, 6.07) is 10.1. The number of para-hydroxylation sites is 1. The first kappa shape index (κ1) is 10.4. The number of rotatable bonds is 2. The second kappa shape index (κ2) is 4.26. The molecule has 0 aliphatic carbocycles. The van der Waals surface area contributed by atoms with Crippen molar-refractivity contribution in [2.75, 3.05) is 13.7 Å². The van der Waals surface area contributed by atoms with Gasteiger partial charge in [-0.3, -0.25) is 0 Å². The van der Waals surface area contributed by atoms with Crippen LogP contribution in [0.5, 0.6) is 5.75 Å². The molecule has 1 N–H and O–H groups in total. The molecule has 0 amide bonds. The van der Waals surface area contributed by atoms with Crippen molar-refractivity contribution in [1.82, 2.24) is 5.32 Å². The zero-order chi connectivity index (χ0) is 11.7. The number of methoxy groups -OCH3 is 1. The molecule has 1 aliphatic heterocycles. The number of hydrogen-bond donors (Lipinski definition) is 1. The summed E-state index contributed by atoms with van der Waals surface area (Å²) in [4.78, 5) is 0. The molecule has 3 heteroatoms. The van der Waals surface area contributed by atoms with Crippen LogP contribution < -0.4 is 10.1 Å². The Morgan fingerprint density at radius 3 is 3.00 bits per heavy atom. The van der Waals surface area contributed by atoms with Crippen molar-refractivity contribution in [2.24, 2.45) is 0 Å². The highest BCUT2D eigenvalue weighted by Gasteiger charge is 2.17. The zero-order valence-electron chi connectivity index (χ0n) is 9.82. The van der Waals surface area contributed by atoms with Gasteiger partial charge in [-0.1, -0.05) is 12.1 Å². The Balaban J connectivity index is 2.06. The van der Waals surface area contributed by atoms with E-state index in [1.165, 1.54) is 5.56 Å². The average molecular weight is 229 g/mol. The minimum Gasteiger partial charge on any atom is -0.496 e. The standard InChI is InChI=1S/C14H15NO2/c1-16-13-5-3-2-4-11(13)14-8-10-9-15-7-6-12(10)17-14/h2-5,8,15H,6-7,9H2,1H3. The topological polar surface area (TPSA) is 34.4 Å². The molecule has 0 spiro atoms. The molecule has 1 aromatic heterocycles. The Morgan fingerprint density at radius 2 is 2.18 bits per heavy atom. The lowest BCUT2D eigenvalue weighted by atomic mass is 10.1. The predicted molar refractivity (Wildman–Crippen MR) is 66.1 cm³/mol. The first-order valence-electron chi connectivity index (χ1n) is 5.84. The Labute approximate surface area is 100 Å². The highest BCUT2D eigenvalue weighted by atomic mass is 16.5. The van der Waals surface area contributed by atoms with Gasteiger partial charge < -0.3 is 14.5 Å². The molecule has 88 valence electrons. The van der Waals surface area contributed by atoms with Crippen LogP contribution >= 0.6 is 0 Å². The van der Waals surface area contributed by atoms with Crippen molar-refractivity contribution in [3.8, 4) is 17.1 Å². The van der Waals surface area contributed by atoms with Crippen LogP contribution in [0.2, 0.25) is 0 Å². The smallest absolute Gasteiger partial charge is 0.138 e. The van der Waals surface area contributed by atoms with Crippen LogP contribution in [0.15, 0.2) is 34.7 Å². The molecule has 0 radical (unpaired) electrons. The Morgan fingerprint density at radius 1 is 1.29 bits per heavy atom.